The molecule has 1 aliphatic heterocycles. The summed E-state index contributed by atoms with van der Waals surface area (Å²) in [6.45, 7) is 10.6. The van der Waals surface area contributed by atoms with Gasteiger partial charge in [0.2, 0.25) is 5.91 Å². The number of hydrogen-bond acceptors (Lipinski definition) is 4. The summed E-state index contributed by atoms with van der Waals surface area (Å²) in [5, 5.41) is 0. The molecule has 2 amide bonds. The number of nitrogens with two attached hydrogens (primary N) is 1. The Morgan fingerprint density at radius 3 is 2.45 bits per heavy atom. The van der Waals surface area contributed by atoms with Crippen LogP contribution in [-0.2, 0) is 9.53 Å². The normalized spacial score (nSPS) is 20.2. The van der Waals surface area contributed by atoms with Crippen LogP contribution in [0.1, 0.15) is 47.5 Å². The zero-order valence-electron chi connectivity index (χ0n) is 14.8. The SMILES string of the molecule is CC(C)[C@H](N)C(=O)N(C)C[C@@H]1CCCN1C(=O)OC(C)(C)C. The molecule has 0 radical (unpaired) electrons. The van der Waals surface area contributed by atoms with Crippen molar-refractivity contribution in [2.45, 2.75) is 65.1 Å². The first-order chi connectivity index (χ1) is 10.0. The van der Waals surface area contributed by atoms with Crippen molar-refractivity contribution in [3.8, 4) is 0 Å². The minimum atomic E-state index is -0.508. The van der Waals surface area contributed by atoms with Gasteiger partial charge in [-0.3, -0.25) is 4.79 Å². The molecule has 128 valence electrons. The van der Waals surface area contributed by atoms with Crippen LogP contribution in [0.3, 0.4) is 0 Å². The summed E-state index contributed by atoms with van der Waals surface area (Å²) in [6, 6.07) is -0.496. The van der Waals surface area contributed by atoms with E-state index in [2.05, 4.69) is 0 Å². The molecule has 1 aliphatic rings. The third-order valence-electron chi connectivity index (χ3n) is 3.87. The molecule has 1 fully saturated rings. The van der Waals surface area contributed by atoms with E-state index in [9.17, 15) is 9.59 Å². The maximum absolute atomic E-state index is 12.2. The fraction of sp³-hybridized carbons (Fsp3) is 0.875. The molecule has 0 unspecified atom stereocenters. The number of rotatable bonds is 4. The fourth-order valence-corrected chi connectivity index (χ4v) is 2.53. The molecular weight excluding hydrogens is 282 g/mol. The van der Waals surface area contributed by atoms with Gasteiger partial charge in [0.1, 0.15) is 5.60 Å². The summed E-state index contributed by atoms with van der Waals surface area (Å²) in [7, 11) is 1.75. The molecule has 0 aromatic rings. The van der Waals surface area contributed by atoms with E-state index in [0.717, 1.165) is 12.8 Å². The number of ether oxygens (including phenoxy) is 1. The number of amides is 2. The zero-order chi connectivity index (χ0) is 17.1. The maximum atomic E-state index is 12.2. The van der Waals surface area contributed by atoms with Crippen LogP contribution >= 0.6 is 0 Å². The summed E-state index contributed by atoms with van der Waals surface area (Å²) < 4.78 is 5.44. The zero-order valence-corrected chi connectivity index (χ0v) is 14.8. The van der Waals surface area contributed by atoms with Gasteiger partial charge in [-0.2, -0.15) is 0 Å². The highest BCUT2D eigenvalue weighted by Gasteiger charge is 2.34. The van der Waals surface area contributed by atoms with E-state index in [-0.39, 0.29) is 24.0 Å². The molecule has 0 saturated carbocycles. The average molecular weight is 313 g/mol. The third kappa shape index (κ3) is 5.16. The Kier molecular flexibility index (Phi) is 6.23. The summed E-state index contributed by atoms with van der Waals surface area (Å²) in [5.74, 6) is 0.0199. The Balaban J connectivity index is 2.64. The highest BCUT2D eigenvalue weighted by Crippen LogP contribution is 2.21. The number of likely N-dealkylation sites (tertiary alicyclic amines) is 1. The van der Waals surface area contributed by atoms with Crippen LogP contribution in [0.5, 0.6) is 0 Å². The van der Waals surface area contributed by atoms with Crippen molar-refractivity contribution >= 4 is 12.0 Å². The number of likely N-dealkylation sites (N-methyl/N-ethyl adjacent to an activating group) is 1. The van der Waals surface area contributed by atoms with Gasteiger partial charge in [-0.05, 0) is 39.5 Å². The summed E-state index contributed by atoms with van der Waals surface area (Å²) in [4.78, 5) is 27.9. The maximum Gasteiger partial charge on any atom is 0.410 e. The molecule has 6 heteroatoms. The van der Waals surface area contributed by atoms with Crippen molar-refractivity contribution < 1.29 is 14.3 Å². The van der Waals surface area contributed by atoms with Gasteiger partial charge < -0.3 is 20.3 Å². The third-order valence-corrected chi connectivity index (χ3v) is 3.87. The lowest BCUT2D eigenvalue weighted by Gasteiger charge is -2.32. The number of carbonyl (C=O) groups excluding carboxylic acids is 2. The van der Waals surface area contributed by atoms with Crippen LogP contribution in [0.15, 0.2) is 0 Å². The molecular formula is C16H31N3O3. The van der Waals surface area contributed by atoms with Gasteiger partial charge in [0.05, 0.1) is 12.1 Å². The lowest BCUT2D eigenvalue weighted by molar-refractivity contribution is -0.132. The first-order valence-corrected chi connectivity index (χ1v) is 8.03. The lowest BCUT2D eigenvalue weighted by Crippen LogP contribution is -2.50. The second-order valence-corrected chi connectivity index (χ2v) is 7.46. The smallest absolute Gasteiger partial charge is 0.410 e. The average Bonchev–Trinajstić information content (AvgIpc) is 2.82. The fourth-order valence-electron chi connectivity index (χ4n) is 2.53. The van der Waals surface area contributed by atoms with Crippen LogP contribution < -0.4 is 5.73 Å². The minimum absolute atomic E-state index is 0.00293. The second-order valence-electron chi connectivity index (χ2n) is 7.46. The molecule has 0 spiro atoms. The quantitative estimate of drug-likeness (QED) is 0.859. The standard InChI is InChI=1S/C16H31N3O3/c1-11(2)13(17)14(20)18(6)10-12-8-7-9-19(12)15(21)22-16(3,4)5/h11-13H,7-10,17H2,1-6H3/t12-,13-/m0/s1. The molecule has 22 heavy (non-hydrogen) atoms. The van der Waals surface area contributed by atoms with Gasteiger partial charge in [0.15, 0.2) is 0 Å². The Hall–Kier alpha value is -1.30. The number of carbonyl (C=O) groups is 2. The first-order valence-electron chi connectivity index (χ1n) is 8.03. The van der Waals surface area contributed by atoms with Crippen molar-refractivity contribution in [3.63, 3.8) is 0 Å². The van der Waals surface area contributed by atoms with E-state index < -0.39 is 11.6 Å². The number of hydrogen-bond donors (Lipinski definition) is 1. The topological polar surface area (TPSA) is 75.9 Å². The number of nitrogens with zero attached hydrogens (tertiary/aromatic N) is 2. The summed E-state index contributed by atoms with van der Waals surface area (Å²) in [5.41, 5.74) is 5.41. The second kappa shape index (κ2) is 7.31. The van der Waals surface area contributed by atoms with Crippen molar-refractivity contribution in [3.05, 3.63) is 0 Å². The highest BCUT2D eigenvalue weighted by molar-refractivity contribution is 5.81. The molecule has 1 rings (SSSR count). The molecule has 2 atom stereocenters. The molecule has 2 N–H and O–H groups in total. The molecule has 0 bridgehead atoms. The Morgan fingerprint density at radius 2 is 1.95 bits per heavy atom. The van der Waals surface area contributed by atoms with E-state index >= 15 is 0 Å². The van der Waals surface area contributed by atoms with Crippen LogP contribution in [0.4, 0.5) is 4.79 Å². The van der Waals surface area contributed by atoms with Crippen molar-refractivity contribution in [2.24, 2.45) is 11.7 Å². The Labute approximate surface area is 134 Å². The van der Waals surface area contributed by atoms with Gasteiger partial charge in [0.25, 0.3) is 0 Å². The van der Waals surface area contributed by atoms with Gasteiger partial charge in [0, 0.05) is 20.1 Å². The van der Waals surface area contributed by atoms with Crippen LogP contribution in [-0.4, -0.2) is 59.6 Å². The molecule has 0 aromatic heterocycles. The van der Waals surface area contributed by atoms with E-state index in [4.69, 9.17) is 10.5 Å². The lowest BCUT2D eigenvalue weighted by atomic mass is 10.0. The highest BCUT2D eigenvalue weighted by atomic mass is 16.6. The largest absolute Gasteiger partial charge is 0.444 e. The molecule has 1 saturated heterocycles. The minimum Gasteiger partial charge on any atom is -0.444 e. The van der Waals surface area contributed by atoms with Crippen molar-refractivity contribution in [2.75, 3.05) is 20.1 Å². The van der Waals surface area contributed by atoms with E-state index in [1.165, 1.54) is 0 Å². The molecule has 6 nitrogen and oxygen atoms in total. The molecule has 0 aliphatic carbocycles. The monoisotopic (exact) mass is 313 g/mol. The van der Waals surface area contributed by atoms with Gasteiger partial charge in [-0.25, -0.2) is 4.79 Å². The Bertz CT molecular complexity index is 404. The first kappa shape index (κ1) is 18.7. The predicted octanol–water partition coefficient (Wildman–Crippen LogP) is 1.83. The van der Waals surface area contributed by atoms with Crippen LogP contribution in [0.2, 0.25) is 0 Å². The van der Waals surface area contributed by atoms with Gasteiger partial charge in [-0.1, -0.05) is 13.8 Å². The van der Waals surface area contributed by atoms with E-state index in [1.807, 2.05) is 34.6 Å². The van der Waals surface area contributed by atoms with Gasteiger partial charge >= 0.3 is 6.09 Å². The summed E-state index contributed by atoms with van der Waals surface area (Å²) in [6.07, 6.45) is 1.51. The van der Waals surface area contributed by atoms with E-state index in [0.29, 0.717) is 13.1 Å². The molecule has 1 heterocycles. The summed E-state index contributed by atoms with van der Waals surface area (Å²) >= 11 is 0. The van der Waals surface area contributed by atoms with Gasteiger partial charge in [-0.15, -0.1) is 0 Å². The predicted molar refractivity (Wildman–Crippen MR) is 86.4 cm³/mol. The van der Waals surface area contributed by atoms with E-state index in [1.54, 1.807) is 16.8 Å². The van der Waals surface area contributed by atoms with Crippen molar-refractivity contribution in [1.29, 1.82) is 0 Å². The van der Waals surface area contributed by atoms with Crippen LogP contribution in [0.25, 0.3) is 0 Å². The van der Waals surface area contributed by atoms with Crippen molar-refractivity contribution in [1.82, 2.24) is 9.80 Å². The van der Waals surface area contributed by atoms with Crippen LogP contribution in [0, 0.1) is 5.92 Å². The molecule has 0 aromatic carbocycles. The Morgan fingerprint density at radius 1 is 1.36 bits per heavy atom.